The van der Waals surface area contributed by atoms with E-state index < -0.39 is 48.8 Å². The first-order valence-corrected chi connectivity index (χ1v) is 22.0. The van der Waals surface area contributed by atoms with Crippen LogP contribution in [0.3, 0.4) is 0 Å². The average molecular weight is 833 g/mol. The van der Waals surface area contributed by atoms with Gasteiger partial charge >= 0.3 is 7.12 Å². The van der Waals surface area contributed by atoms with E-state index in [1.807, 2.05) is 12.1 Å². The highest BCUT2D eigenvalue weighted by atomic mass is 16.4. The summed E-state index contributed by atoms with van der Waals surface area (Å²) >= 11 is 0. The number of Topliss-reactive ketones (excluding diaryl/α,β-unsaturated/α-hetero) is 2. The van der Waals surface area contributed by atoms with Gasteiger partial charge in [0.15, 0.2) is 11.6 Å². The molecule has 3 rings (SSSR count). The maximum atomic E-state index is 14.0. The van der Waals surface area contributed by atoms with E-state index in [9.17, 15) is 38.8 Å². The summed E-state index contributed by atoms with van der Waals surface area (Å²) in [5.74, 6) is -3.63. The second-order valence-electron chi connectivity index (χ2n) is 16.2. The van der Waals surface area contributed by atoms with Crippen molar-refractivity contribution in [3.8, 4) is 11.1 Å². The third kappa shape index (κ3) is 16.2. The fourth-order valence-corrected chi connectivity index (χ4v) is 7.49. The molecule has 0 saturated carbocycles. The predicted octanol–water partition coefficient (Wildman–Crippen LogP) is 3.84. The Morgan fingerprint density at radius 1 is 0.817 bits per heavy atom. The molecule has 15 heteroatoms. The van der Waals surface area contributed by atoms with Crippen LogP contribution in [0.1, 0.15) is 127 Å². The van der Waals surface area contributed by atoms with Gasteiger partial charge < -0.3 is 42.4 Å². The van der Waals surface area contributed by atoms with Crippen molar-refractivity contribution in [2.45, 2.75) is 141 Å². The Balaban J connectivity index is 1.58. The Labute approximate surface area is 356 Å². The number of ketones is 2. The molecule has 5 atom stereocenters. The molecular formula is C45H69BN6O8. The molecular weight excluding hydrogens is 763 g/mol. The predicted molar refractivity (Wildman–Crippen MR) is 234 cm³/mol. The number of carbonyl (C=O) groups is 6. The van der Waals surface area contributed by atoms with Crippen molar-refractivity contribution in [1.82, 2.24) is 20.9 Å². The van der Waals surface area contributed by atoms with Crippen molar-refractivity contribution in [3.05, 3.63) is 59.7 Å². The smallest absolute Gasteiger partial charge is 0.427 e. The number of benzene rings is 2. The van der Waals surface area contributed by atoms with Gasteiger partial charge in [-0.05, 0) is 118 Å². The van der Waals surface area contributed by atoms with Crippen LogP contribution >= 0.6 is 0 Å². The minimum absolute atomic E-state index is 0.0558. The number of hydrogen-bond acceptors (Lipinski definition) is 10. The topological polar surface area (TPSA) is 234 Å². The van der Waals surface area contributed by atoms with Gasteiger partial charge in [0.05, 0.1) is 12.1 Å². The molecule has 0 aromatic heterocycles. The molecule has 0 radical (unpaired) electrons. The average Bonchev–Trinajstić information content (AvgIpc) is 3.74. The maximum Gasteiger partial charge on any atom is 0.454 e. The summed E-state index contributed by atoms with van der Waals surface area (Å²) in [6, 6.07) is 13.2. The lowest BCUT2D eigenvalue weighted by Gasteiger charge is -2.29. The highest BCUT2D eigenvalue weighted by molar-refractivity contribution is 6.43. The molecule has 0 unspecified atom stereocenters. The van der Waals surface area contributed by atoms with Gasteiger partial charge in [0.25, 0.3) is 5.91 Å². The zero-order chi connectivity index (χ0) is 44.0. The van der Waals surface area contributed by atoms with Crippen LogP contribution in [-0.2, 0) is 30.4 Å². The highest BCUT2D eigenvalue weighted by Gasteiger charge is 2.39. The second-order valence-corrected chi connectivity index (χ2v) is 16.2. The van der Waals surface area contributed by atoms with Crippen molar-refractivity contribution < 1.29 is 38.8 Å². The number of nitrogens with zero attached hydrogens (tertiary/aromatic N) is 1. The molecule has 9 N–H and O–H groups in total. The summed E-state index contributed by atoms with van der Waals surface area (Å²) in [5, 5.41) is 27.4. The van der Waals surface area contributed by atoms with Crippen molar-refractivity contribution in [1.29, 1.82) is 0 Å². The Morgan fingerprint density at radius 2 is 1.43 bits per heavy atom. The SMILES string of the molecule is CCCCc1ccc(-c2ccc(C(=O)NCCC(=O)N[C@@H](CCCCN)C(=O)N3CCC[C@H]3C(=O)C[C@@H](CC)C(=O)N[C@@H](CCCCN)C(=O)C[C@@H](C)B(O)O)cc2)cc1. The fraction of sp³-hybridized carbons (Fsp3) is 0.600. The Morgan fingerprint density at radius 3 is 2.02 bits per heavy atom. The summed E-state index contributed by atoms with van der Waals surface area (Å²) in [6.45, 7) is 6.71. The highest BCUT2D eigenvalue weighted by Crippen LogP contribution is 2.25. The van der Waals surface area contributed by atoms with E-state index in [0.717, 1.165) is 30.4 Å². The van der Waals surface area contributed by atoms with Crippen LogP contribution in [0.15, 0.2) is 48.5 Å². The zero-order valence-corrected chi connectivity index (χ0v) is 36.0. The number of amides is 4. The standard InChI is InChI=1S/C45H69BN6O8/c1-4-6-12-32-16-18-34(19-17-32)35-20-22-36(23-21-35)43(56)49-27-24-42(55)50-38(14-8-10-26-48)45(58)52-28-11-15-39(52)41(54)30-33(5-2)44(57)51-37(13-7-9-25-47)40(53)29-31(3)46(59)60/h16-23,31,33,37-39,59-60H,4-15,24-30,47-48H2,1-3H3,(H,49,56)(H,50,55)(H,51,57)/t31-,33-,37+,38+,39+/m1/s1. The van der Waals surface area contributed by atoms with E-state index in [2.05, 4.69) is 47.1 Å². The summed E-state index contributed by atoms with van der Waals surface area (Å²) in [4.78, 5) is 82.0. The normalized spacial score (nSPS) is 15.7. The van der Waals surface area contributed by atoms with Crippen molar-refractivity contribution in [3.63, 3.8) is 0 Å². The molecule has 1 heterocycles. The number of nitrogens with one attached hydrogen (secondary N) is 3. The third-order valence-electron chi connectivity index (χ3n) is 11.4. The van der Waals surface area contributed by atoms with E-state index in [-0.39, 0.29) is 49.2 Å². The van der Waals surface area contributed by atoms with Crippen LogP contribution in [0, 0.1) is 5.92 Å². The van der Waals surface area contributed by atoms with Crippen LogP contribution in [0.4, 0.5) is 0 Å². The van der Waals surface area contributed by atoms with Gasteiger partial charge in [0.1, 0.15) is 6.04 Å². The summed E-state index contributed by atoms with van der Waals surface area (Å²) < 4.78 is 0. The number of hydrogen-bond donors (Lipinski definition) is 7. The molecule has 60 heavy (non-hydrogen) atoms. The zero-order valence-electron chi connectivity index (χ0n) is 36.0. The lowest BCUT2D eigenvalue weighted by atomic mass is 9.71. The van der Waals surface area contributed by atoms with Crippen molar-refractivity contribution in [2.24, 2.45) is 17.4 Å². The Bertz CT molecular complexity index is 1670. The second kappa shape index (κ2) is 26.7. The van der Waals surface area contributed by atoms with Crippen LogP contribution in [0.2, 0.25) is 5.82 Å². The van der Waals surface area contributed by atoms with Crippen molar-refractivity contribution >= 4 is 42.3 Å². The molecule has 2 aromatic rings. The van der Waals surface area contributed by atoms with Gasteiger partial charge in [0, 0.05) is 43.8 Å². The lowest BCUT2D eigenvalue weighted by Crippen LogP contribution is -2.52. The molecule has 1 saturated heterocycles. The fourth-order valence-electron chi connectivity index (χ4n) is 7.49. The first-order chi connectivity index (χ1) is 28.8. The minimum atomic E-state index is -1.67. The molecule has 4 amide bonds. The van der Waals surface area contributed by atoms with E-state index in [0.29, 0.717) is 83.0 Å². The Kier molecular flexibility index (Phi) is 22.2. The van der Waals surface area contributed by atoms with Crippen LogP contribution < -0.4 is 27.4 Å². The largest absolute Gasteiger partial charge is 0.454 e. The first kappa shape index (κ1) is 49.9. The summed E-state index contributed by atoms with van der Waals surface area (Å²) in [5.41, 5.74) is 15.2. The molecule has 0 aliphatic carbocycles. The number of carbonyl (C=O) groups excluding carboxylic acids is 6. The molecule has 0 spiro atoms. The monoisotopic (exact) mass is 833 g/mol. The Hall–Kier alpha value is -4.44. The number of likely N-dealkylation sites (tertiary alicyclic amines) is 1. The minimum Gasteiger partial charge on any atom is -0.427 e. The molecule has 1 aliphatic rings. The number of nitrogens with two attached hydrogens (primary N) is 2. The van der Waals surface area contributed by atoms with Gasteiger partial charge in [0.2, 0.25) is 17.7 Å². The molecule has 14 nitrogen and oxygen atoms in total. The quantitative estimate of drug-likeness (QED) is 0.0484. The molecule has 2 aromatic carbocycles. The van der Waals surface area contributed by atoms with E-state index in [1.54, 1.807) is 19.1 Å². The molecule has 1 fully saturated rings. The van der Waals surface area contributed by atoms with E-state index in [1.165, 1.54) is 17.4 Å². The number of rotatable bonds is 28. The third-order valence-corrected chi connectivity index (χ3v) is 11.4. The lowest BCUT2D eigenvalue weighted by molar-refractivity contribution is -0.142. The molecule has 0 bridgehead atoms. The van der Waals surface area contributed by atoms with Crippen LogP contribution in [0.5, 0.6) is 0 Å². The van der Waals surface area contributed by atoms with Gasteiger partial charge in [-0.2, -0.15) is 0 Å². The van der Waals surface area contributed by atoms with E-state index in [4.69, 9.17) is 11.5 Å². The molecule has 330 valence electrons. The number of aryl methyl sites for hydroxylation is 1. The summed E-state index contributed by atoms with van der Waals surface area (Å²) in [7, 11) is -1.67. The van der Waals surface area contributed by atoms with Crippen molar-refractivity contribution in [2.75, 3.05) is 26.2 Å². The maximum absolute atomic E-state index is 14.0. The van der Waals surface area contributed by atoms with E-state index >= 15 is 0 Å². The van der Waals surface area contributed by atoms with Gasteiger partial charge in [-0.3, -0.25) is 28.8 Å². The van der Waals surface area contributed by atoms with Gasteiger partial charge in [-0.1, -0.05) is 63.6 Å². The van der Waals surface area contributed by atoms with Gasteiger partial charge in [-0.15, -0.1) is 0 Å². The van der Waals surface area contributed by atoms with Crippen LogP contribution in [-0.4, -0.2) is 102 Å². The first-order valence-electron chi connectivity index (χ1n) is 22.0. The van der Waals surface area contributed by atoms with Gasteiger partial charge in [-0.25, -0.2) is 0 Å². The van der Waals surface area contributed by atoms with Crippen LogP contribution in [0.25, 0.3) is 11.1 Å². The summed E-state index contributed by atoms with van der Waals surface area (Å²) in [6.07, 6.45) is 7.45. The molecule has 1 aliphatic heterocycles. The number of unbranched alkanes of at least 4 members (excludes halogenated alkanes) is 3.